The van der Waals surface area contributed by atoms with Crippen molar-refractivity contribution in [3.8, 4) is 28.3 Å². The lowest BCUT2D eigenvalue weighted by molar-refractivity contribution is 0.0731. The summed E-state index contributed by atoms with van der Waals surface area (Å²) in [4.78, 5) is 22.0. The van der Waals surface area contributed by atoms with Gasteiger partial charge in [0, 0.05) is 47.4 Å². The summed E-state index contributed by atoms with van der Waals surface area (Å²) in [7, 11) is -3.76. The first-order valence-electron chi connectivity index (χ1n) is 12.0. The highest BCUT2D eigenvalue weighted by Gasteiger charge is 2.27. The molecule has 3 aromatic carbocycles. The molecule has 1 N–H and O–H groups in total. The SMILES string of the molecule is CCc1c(C(=O)N2CCOc3ccc(-c4ccc(-c5ncc[nH]5)c(Cl)c4)cc3C2)ccc(S(C)(=O)=O)c1F. The fourth-order valence-electron chi connectivity index (χ4n) is 4.65. The molecule has 4 aromatic rings. The number of nitrogens with zero attached hydrogens (tertiary/aromatic N) is 2. The van der Waals surface area contributed by atoms with E-state index in [0.717, 1.165) is 34.6 Å². The number of amides is 1. The predicted octanol–water partition coefficient (Wildman–Crippen LogP) is 5.54. The number of rotatable bonds is 5. The van der Waals surface area contributed by atoms with Gasteiger partial charge in [0.15, 0.2) is 9.84 Å². The van der Waals surface area contributed by atoms with Crippen molar-refractivity contribution in [3.05, 3.63) is 88.5 Å². The Morgan fingerprint density at radius 2 is 1.92 bits per heavy atom. The molecule has 0 radical (unpaired) electrons. The summed E-state index contributed by atoms with van der Waals surface area (Å²) < 4.78 is 44.9. The summed E-state index contributed by atoms with van der Waals surface area (Å²) in [5, 5.41) is 0.548. The number of ether oxygens (including phenoxy) is 1. The van der Waals surface area contributed by atoms with Crippen molar-refractivity contribution >= 4 is 27.3 Å². The summed E-state index contributed by atoms with van der Waals surface area (Å²) >= 11 is 6.55. The van der Waals surface area contributed by atoms with Gasteiger partial charge in [0.1, 0.15) is 28.9 Å². The maximum Gasteiger partial charge on any atom is 0.254 e. The van der Waals surface area contributed by atoms with Gasteiger partial charge >= 0.3 is 0 Å². The Bertz CT molecular complexity index is 1640. The molecule has 0 saturated heterocycles. The van der Waals surface area contributed by atoms with Crippen LogP contribution in [0.25, 0.3) is 22.5 Å². The fourth-order valence-corrected chi connectivity index (χ4v) is 5.68. The van der Waals surface area contributed by atoms with E-state index in [4.69, 9.17) is 16.3 Å². The zero-order valence-electron chi connectivity index (χ0n) is 20.8. The molecule has 10 heteroatoms. The number of aromatic amines is 1. The van der Waals surface area contributed by atoms with Crippen LogP contribution in [0, 0.1) is 5.82 Å². The standard InChI is InChI=1S/C28H25ClFN3O4S/c1-3-20-21(7-9-25(26(20)30)38(2,35)36)28(34)33-12-13-37-24-8-5-17(14-19(24)16-33)18-4-6-22(23(29)15-18)27-31-10-11-32-27/h4-11,14-15H,3,12-13,16H2,1-2H3,(H,31,32). The summed E-state index contributed by atoms with van der Waals surface area (Å²) in [6.07, 6.45) is 4.52. The quantitative estimate of drug-likeness (QED) is 0.350. The van der Waals surface area contributed by atoms with E-state index in [1.165, 1.54) is 6.07 Å². The summed E-state index contributed by atoms with van der Waals surface area (Å²) in [6, 6.07) is 14.0. The Balaban J connectivity index is 1.46. The molecular weight excluding hydrogens is 529 g/mol. The van der Waals surface area contributed by atoms with Crippen LogP contribution in [0.1, 0.15) is 28.4 Å². The molecule has 0 saturated carbocycles. The molecule has 196 valence electrons. The van der Waals surface area contributed by atoms with Gasteiger partial charge in [-0.15, -0.1) is 0 Å². The Labute approximate surface area is 225 Å². The minimum absolute atomic E-state index is 0.0864. The lowest BCUT2D eigenvalue weighted by Gasteiger charge is -2.22. The predicted molar refractivity (Wildman–Crippen MR) is 144 cm³/mol. The highest BCUT2D eigenvalue weighted by molar-refractivity contribution is 7.90. The molecule has 38 heavy (non-hydrogen) atoms. The molecule has 0 spiro atoms. The molecule has 0 atom stereocenters. The summed E-state index contributed by atoms with van der Waals surface area (Å²) in [6.45, 7) is 2.51. The van der Waals surface area contributed by atoms with Crippen LogP contribution >= 0.6 is 11.6 Å². The van der Waals surface area contributed by atoms with Crippen LogP contribution in [0.4, 0.5) is 4.39 Å². The van der Waals surface area contributed by atoms with Gasteiger partial charge in [-0.2, -0.15) is 0 Å². The molecule has 1 aromatic heterocycles. The molecule has 1 amide bonds. The molecule has 1 aliphatic heterocycles. The molecule has 0 aliphatic carbocycles. The number of sulfone groups is 1. The van der Waals surface area contributed by atoms with E-state index < -0.39 is 20.5 Å². The second kappa shape index (κ2) is 10.2. The first-order chi connectivity index (χ1) is 18.2. The molecule has 2 heterocycles. The van der Waals surface area contributed by atoms with Gasteiger partial charge in [-0.3, -0.25) is 4.79 Å². The van der Waals surface area contributed by atoms with Crippen molar-refractivity contribution < 1.29 is 22.3 Å². The van der Waals surface area contributed by atoms with Crippen LogP contribution in [0.5, 0.6) is 5.75 Å². The maximum absolute atomic E-state index is 15.1. The van der Waals surface area contributed by atoms with E-state index in [2.05, 4.69) is 9.97 Å². The molecule has 7 nitrogen and oxygen atoms in total. The van der Waals surface area contributed by atoms with Crippen molar-refractivity contribution in [1.82, 2.24) is 14.9 Å². The summed E-state index contributed by atoms with van der Waals surface area (Å²) in [5.74, 6) is 0.0909. The summed E-state index contributed by atoms with van der Waals surface area (Å²) in [5.41, 5.74) is 3.61. The van der Waals surface area contributed by atoms with Crippen LogP contribution in [-0.2, 0) is 22.8 Å². The zero-order valence-corrected chi connectivity index (χ0v) is 22.4. The lowest BCUT2D eigenvalue weighted by Crippen LogP contribution is -2.33. The van der Waals surface area contributed by atoms with E-state index >= 15 is 4.39 Å². The number of carbonyl (C=O) groups excluding carboxylic acids is 1. The number of H-pyrrole nitrogens is 1. The van der Waals surface area contributed by atoms with Gasteiger partial charge in [-0.05, 0) is 53.9 Å². The molecule has 0 unspecified atom stereocenters. The average Bonchev–Trinajstić information content (AvgIpc) is 3.33. The highest BCUT2D eigenvalue weighted by Crippen LogP contribution is 2.34. The molecule has 0 fully saturated rings. The van der Waals surface area contributed by atoms with Crippen molar-refractivity contribution in [1.29, 1.82) is 0 Å². The number of hydrogen-bond donors (Lipinski definition) is 1. The van der Waals surface area contributed by atoms with Gasteiger partial charge < -0.3 is 14.6 Å². The van der Waals surface area contributed by atoms with Crippen molar-refractivity contribution in [2.75, 3.05) is 19.4 Å². The van der Waals surface area contributed by atoms with E-state index in [9.17, 15) is 13.2 Å². The van der Waals surface area contributed by atoms with Crippen LogP contribution in [-0.4, -0.2) is 48.6 Å². The number of benzene rings is 3. The zero-order chi connectivity index (χ0) is 27.0. The fraction of sp³-hybridized carbons (Fsp3) is 0.214. The van der Waals surface area contributed by atoms with E-state index in [0.29, 0.717) is 23.1 Å². The van der Waals surface area contributed by atoms with Crippen LogP contribution in [0.15, 0.2) is 65.8 Å². The minimum Gasteiger partial charge on any atom is -0.491 e. The number of hydrogen-bond acceptors (Lipinski definition) is 5. The van der Waals surface area contributed by atoms with Gasteiger partial charge in [0.2, 0.25) is 0 Å². The second-order valence-corrected chi connectivity index (χ2v) is 11.5. The molecular formula is C28H25ClFN3O4S. The minimum atomic E-state index is -3.76. The number of nitrogens with one attached hydrogen (secondary N) is 1. The first kappa shape index (κ1) is 25.9. The third kappa shape index (κ3) is 4.91. The number of aromatic nitrogens is 2. The number of fused-ring (bicyclic) bond motifs is 1. The smallest absolute Gasteiger partial charge is 0.254 e. The lowest BCUT2D eigenvalue weighted by atomic mass is 10.00. The van der Waals surface area contributed by atoms with Crippen LogP contribution in [0.3, 0.4) is 0 Å². The Morgan fingerprint density at radius 3 is 2.61 bits per heavy atom. The Kier molecular flexibility index (Phi) is 6.98. The van der Waals surface area contributed by atoms with Crippen LogP contribution < -0.4 is 4.74 Å². The van der Waals surface area contributed by atoms with E-state index in [1.807, 2.05) is 36.4 Å². The monoisotopic (exact) mass is 553 g/mol. The van der Waals surface area contributed by atoms with Crippen molar-refractivity contribution in [2.45, 2.75) is 24.8 Å². The third-order valence-electron chi connectivity index (χ3n) is 6.57. The van der Waals surface area contributed by atoms with Crippen LogP contribution in [0.2, 0.25) is 5.02 Å². The molecule has 5 rings (SSSR count). The van der Waals surface area contributed by atoms with Gasteiger partial charge in [0.05, 0.1) is 11.6 Å². The molecule has 1 aliphatic rings. The Morgan fingerprint density at radius 1 is 1.16 bits per heavy atom. The van der Waals surface area contributed by atoms with Gasteiger partial charge in [0.25, 0.3) is 5.91 Å². The highest BCUT2D eigenvalue weighted by atomic mass is 35.5. The van der Waals surface area contributed by atoms with Crippen molar-refractivity contribution in [3.63, 3.8) is 0 Å². The van der Waals surface area contributed by atoms with E-state index in [1.54, 1.807) is 24.2 Å². The third-order valence-corrected chi connectivity index (χ3v) is 8.00. The second-order valence-electron chi connectivity index (χ2n) is 9.06. The first-order valence-corrected chi connectivity index (χ1v) is 14.3. The van der Waals surface area contributed by atoms with E-state index in [-0.39, 0.29) is 36.6 Å². The average molecular weight is 554 g/mol. The van der Waals surface area contributed by atoms with Crippen molar-refractivity contribution in [2.24, 2.45) is 0 Å². The number of carbonyl (C=O) groups is 1. The van der Waals surface area contributed by atoms with Gasteiger partial charge in [-0.1, -0.05) is 30.7 Å². The maximum atomic E-state index is 15.1. The normalized spacial score (nSPS) is 13.5. The number of imidazole rings is 1. The largest absolute Gasteiger partial charge is 0.491 e. The van der Waals surface area contributed by atoms with Gasteiger partial charge in [-0.25, -0.2) is 17.8 Å². The topological polar surface area (TPSA) is 92.4 Å². The molecule has 0 bridgehead atoms. The Hall–Kier alpha value is -3.69. The number of halogens is 2.